The maximum Gasteiger partial charge on any atom is 0.336 e. The van der Waals surface area contributed by atoms with E-state index in [1.807, 2.05) is 13.8 Å². The van der Waals surface area contributed by atoms with Crippen molar-refractivity contribution in [2.45, 2.75) is 32.9 Å². The molecule has 7 nitrogen and oxygen atoms in total. The zero-order valence-corrected chi connectivity index (χ0v) is 16.1. The molecule has 0 aliphatic heterocycles. The Labute approximate surface area is 162 Å². The largest absolute Gasteiger partial charge is 0.497 e. The highest BCUT2D eigenvalue weighted by Crippen LogP contribution is 2.14. The van der Waals surface area contributed by atoms with Gasteiger partial charge in [-0.05, 0) is 49.7 Å². The first-order valence-electron chi connectivity index (χ1n) is 9.14. The van der Waals surface area contributed by atoms with Crippen LogP contribution in [0.25, 0.3) is 16.6 Å². The Morgan fingerprint density at radius 1 is 1.11 bits per heavy atom. The molecule has 1 amide bonds. The van der Waals surface area contributed by atoms with Gasteiger partial charge in [0.05, 0.1) is 23.7 Å². The van der Waals surface area contributed by atoms with Gasteiger partial charge in [0.1, 0.15) is 12.3 Å². The molecule has 146 valence electrons. The van der Waals surface area contributed by atoms with Gasteiger partial charge in [0, 0.05) is 6.04 Å². The molecule has 0 saturated carbocycles. The number of methoxy groups -OCH3 is 1. The van der Waals surface area contributed by atoms with Gasteiger partial charge in [0.15, 0.2) is 0 Å². The standard InChI is InChI=1S/C21H23N3O4/c1-4-14(2)22-19(25)13-23-18-8-6-5-7-17(18)20(26)24(21(23)27)15-9-11-16(28-3)12-10-15/h5-12,14H,4,13H2,1-3H3,(H,22,25)/t14-/m1/s1. The molecule has 1 aromatic heterocycles. The fourth-order valence-electron chi connectivity index (χ4n) is 3.00. The second kappa shape index (κ2) is 8.12. The monoisotopic (exact) mass is 381 g/mol. The number of carbonyl (C=O) groups excluding carboxylic acids is 1. The van der Waals surface area contributed by atoms with Gasteiger partial charge < -0.3 is 10.1 Å². The summed E-state index contributed by atoms with van der Waals surface area (Å²) in [5, 5.41) is 3.23. The van der Waals surface area contributed by atoms with E-state index in [4.69, 9.17) is 4.74 Å². The molecule has 1 heterocycles. The van der Waals surface area contributed by atoms with Crippen LogP contribution in [0.15, 0.2) is 58.1 Å². The number of nitrogens with one attached hydrogen (secondary N) is 1. The number of ether oxygens (including phenoxy) is 1. The minimum atomic E-state index is -0.562. The first-order valence-corrected chi connectivity index (χ1v) is 9.14. The van der Waals surface area contributed by atoms with Crippen LogP contribution in [0.5, 0.6) is 5.75 Å². The Morgan fingerprint density at radius 2 is 1.79 bits per heavy atom. The van der Waals surface area contributed by atoms with Gasteiger partial charge in [0.25, 0.3) is 5.56 Å². The SMILES string of the molecule is CC[C@@H](C)NC(=O)Cn1c(=O)n(-c2ccc(OC)cc2)c(=O)c2ccccc21. The van der Waals surface area contributed by atoms with Crippen LogP contribution in [0.2, 0.25) is 0 Å². The molecule has 3 rings (SSSR count). The number of benzene rings is 2. The Hall–Kier alpha value is -3.35. The number of amides is 1. The first-order chi connectivity index (χ1) is 13.5. The lowest BCUT2D eigenvalue weighted by molar-refractivity contribution is -0.122. The number of para-hydroxylation sites is 1. The van der Waals surface area contributed by atoms with E-state index >= 15 is 0 Å². The molecule has 0 bridgehead atoms. The number of nitrogens with zero attached hydrogens (tertiary/aromatic N) is 2. The number of hydrogen-bond donors (Lipinski definition) is 1. The van der Waals surface area contributed by atoms with Crippen molar-refractivity contribution in [1.82, 2.24) is 14.5 Å². The summed E-state index contributed by atoms with van der Waals surface area (Å²) < 4.78 is 7.55. The zero-order valence-electron chi connectivity index (χ0n) is 16.1. The van der Waals surface area contributed by atoms with E-state index in [-0.39, 0.29) is 18.5 Å². The van der Waals surface area contributed by atoms with Crippen LogP contribution in [0.4, 0.5) is 0 Å². The van der Waals surface area contributed by atoms with Gasteiger partial charge in [0.2, 0.25) is 5.91 Å². The third-order valence-corrected chi connectivity index (χ3v) is 4.70. The molecule has 3 aromatic rings. The lowest BCUT2D eigenvalue weighted by Crippen LogP contribution is -2.43. The van der Waals surface area contributed by atoms with Crippen molar-refractivity contribution >= 4 is 16.8 Å². The summed E-state index contributed by atoms with van der Waals surface area (Å²) in [4.78, 5) is 38.6. The predicted octanol–water partition coefficient (Wildman–Crippen LogP) is 2.08. The van der Waals surface area contributed by atoms with Crippen LogP contribution in [-0.4, -0.2) is 28.2 Å². The fraction of sp³-hybridized carbons (Fsp3) is 0.286. The lowest BCUT2D eigenvalue weighted by Gasteiger charge is -2.16. The average Bonchev–Trinajstić information content (AvgIpc) is 2.71. The summed E-state index contributed by atoms with van der Waals surface area (Å²) in [5.74, 6) is 0.340. The molecule has 1 N–H and O–H groups in total. The van der Waals surface area contributed by atoms with Crippen LogP contribution in [0, 0.1) is 0 Å². The maximum absolute atomic E-state index is 13.2. The summed E-state index contributed by atoms with van der Waals surface area (Å²) in [6, 6.07) is 13.4. The topological polar surface area (TPSA) is 82.3 Å². The van der Waals surface area contributed by atoms with Crippen LogP contribution >= 0.6 is 0 Å². The van der Waals surface area contributed by atoms with Crippen molar-refractivity contribution in [1.29, 1.82) is 0 Å². The molecule has 28 heavy (non-hydrogen) atoms. The van der Waals surface area contributed by atoms with Crippen molar-refractivity contribution in [3.05, 3.63) is 69.4 Å². The zero-order chi connectivity index (χ0) is 20.3. The Balaban J connectivity index is 2.18. The van der Waals surface area contributed by atoms with E-state index in [1.54, 1.807) is 55.6 Å². The van der Waals surface area contributed by atoms with Crippen LogP contribution in [0.1, 0.15) is 20.3 Å². The van der Waals surface area contributed by atoms with Crippen molar-refractivity contribution in [3.63, 3.8) is 0 Å². The molecule has 1 atom stereocenters. The molecule has 0 aliphatic carbocycles. The summed E-state index contributed by atoms with van der Waals surface area (Å²) >= 11 is 0. The summed E-state index contributed by atoms with van der Waals surface area (Å²) in [5.41, 5.74) is -0.142. The van der Waals surface area contributed by atoms with Gasteiger partial charge in [-0.1, -0.05) is 19.1 Å². The Kier molecular flexibility index (Phi) is 5.63. The van der Waals surface area contributed by atoms with Crippen LogP contribution in [-0.2, 0) is 11.3 Å². The molecule has 0 unspecified atom stereocenters. The summed E-state index contributed by atoms with van der Waals surface area (Å²) in [7, 11) is 1.54. The molecule has 0 spiro atoms. The Bertz CT molecular complexity index is 1110. The van der Waals surface area contributed by atoms with E-state index in [0.29, 0.717) is 22.3 Å². The number of hydrogen-bond acceptors (Lipinski definition) is 4. The molecule has 7 heteroatoms. The quantitative estimate of drug-likeness (QED) is 0.709. The highest BCUT2D eigenvalue weighted by Gasteiger charge is 2.17. The van der Waals surface area contributed by atoms with Crippen molar-refractivity contribution in [2.24, 2.45) is 0 Å². The van der Waals surface area contributed by atoms with Gasteiger partial charge in [-0.15, -0.1) is 0 Å². The molecule has 2 aromatic carbocycles. The molecule has 0 saturated heterocycles. The third kappa shape index (κ3) is 3.69. The average molecular weight is 381 g/mol. The van der Waals surface area contributed by atoms with E-state index in [2.05, 4.69) is 5.32 Å². The lowest BCUT2D eigenvalue weighted by atomic mass is 10.2. The van der Waals surface area contributed by atoms with Gasteiger partial charge in [-0.3, -0.25) is 14.2 Å². The second-order valence-corrected chi connectivity index (χ2v) is 6.60. The van der Waals surface area contributed by atoms with E-state index in [0.717, 1.165) is 11.0 Å². The van der Waals surface area contributed by atoms with Crippen LogP contribution < -0.4 is 21.3 Å². The maximum atomic E-state index is 13.2. The predicted molar refractivity (Wildman–Crippen MR) is 108 cm³/mol. The molecule has 0 aliphatic rings. The number of rotatable bonds is 6. The first kappa shape index (κ1) is 19.4. The number of aromatic nitrogens is 2. The number of fused-ring (bicyclic) bond motifs is 1. The Morgan fingerprint density at radius 3 is 2.43 bits per heavy atom. The van der Waals surface area contributed by atoms with Crippen LogP contribution in [0.3, 0.4) is 0 Å². The van der Waals surface area contributed by atoms with Gasteiger partial charge >= 0.3 is 5.69 Å². The normalized spacial score (nSPS) is 12.0. The minimum Gasteiger partial charge on any atom is -0.497 e. The molecule has 0 fully saturated rings. The highest BCUT2D eigenvalue weighted by atomic mass is 16.5. The van der Waals surface area contributed by atoms with Crippen molar-refractivity contribution in [2.75, 3.05) is 7.11 Å². The fourth-order valence-corrected chi connectivity index (χ4v) is 3.00. The minimum absolute atomic E-state index is 0.00181. The van der Waals surface area contributed by atoms with Crippen molar-refractivity contribution in [3.8, 4) is 11.4 Å². The van der Waals surface area contributed by atoms with E-state index in [9.17, 15) is 14.4 Å². The van der Waals surface area contributed by atoms with E-state index < -0.39 is 11.2 Å². The van der Waals surface area contributed by atoms with Gasteiger partial charge in [-0.25, -0.2) is 9.36 Å². The summed E-state index contributed by atoms with van der Waals surface area (Å²) in [6.07, 6.45) is 0.784. The molecular weight excluding hydrogens is 358 g/mol. The second-order valence-electron chi connectivity index (χ2n) is 6.60. The highest BCUT2D eigenvalue weighted by molar-refractivity contribution is 5.82. The molecular formula is C21H23N3O4. The number of carbonyl (C=O) groups is 1. The molecule has 0 radical (unpaired) electrons. The van der Waals surface area contributed by atoms with Crippen molar-refractivity contribution < 1.29 is 9.53 Å². The third-order valence-electron chi connectivity index (χ3n) is 4.70. The smallest absolute Gasteiger partial charge is 0.336 e. The van der Waals surface area contributed by atoms with Gasteiger partial charge in [-0.2, -0.15) is 0 Å². The summed E-state index contributed by atoms with van der Waals surface area (Å²) in [6.45, 7) is 3.70. The van der Waals surface area contributed by atoms with E-state index in [1.165, 1.54) is 4.57 Å².